The Bertz CT molecular complexity index is 731. The van der Waals surface area contributed by atoms with Gasteiger partial charge in [0.2, 0.25) is 0 Å². The number of nitrogen functional groups attached to an aromatic ring is 1. The van der Waals surface area contributed by atoms with Gasteiger partial charge in [-0.3, -0.25) is 15.5 Å². The van der Waals surface area contributed by atoms with E-state index in [4.69, 9.17) is 27.5 Å². The van der Waals surface area contributed by atoms with Crippen molar-refractivity contribution in [3.63, 3.8) is 0 Å². The highest BCUT2D eigenvalue weighted by atomic mass is 35.5. The van der Waals surface area contributed by atoms with Crippen molar-refractivity contribution in [1.82, 2.24) is 0 Å². The molecule has 0 amide bonds. The van der Waals surface area contributed by atoms with Crippen LogP contribution < -0.4 is 10.5 Å². The van der Waals surface area contributed by atoms with Crippen LogP contribution in [0.15, 0.2) is 36.4 Å². The molecule has 6 nitrogen and oxygen atoms in total. The SMILES string of the molecule is Cc1cc(Oc2ccc([N+](=O)[O-])cc2Cl)ccc1C(=N)N. The molecule has 0 aliphatic carbocycles. The number of halogens is 1. The van der Waals surface area contributed by atoms with Gasteiger partial charge in [0.05, 0.1) is 9.95 Å². The fraction of sp³-hybridized carbons (Fsp3) is 0.0714. The van der Waals surface area contributed by atoms with Crippen LogP contribution in [0.3, 0.4) is 0 Å². The van der Waals surface area contributed by atoms with Gasteiger partial charge in [-0.05, 0) is 36.8 Å². The zero-order valence-corrected chi connectivity index (χ0v) is 11.8. The number of amidine groups is 1. The standard InChI is InChI=1S/C14H12ClN3O3/c1-8-6-10(3-4-11(8)14(16)17)21-13-5-2-9(18(19)20)7-12(13)15/h2-7H,1H3,(H3,16,17). The first-order valence-corrected chi connectivity index (χ1v) is 6.33. The summed E-state index contributed by atoms with van der Waals surface area (Å²) in [6.07, 6.45) is 0. The smallest absolute Gasteiger partial charge is 0.271 e. The van der Waals surface area contributed by atoms with Crippen molar-refractivity contribution in [2.75, 3.05) is 0 Å². The third-order valence-corrected chi connectivity index (χ3v) is 3.14. The lowest BCUT2D eigenvalue weighted by Gasteiger charge is -2.10. The normalized spacial score (nSPS) is 10.2. The van der Waals surface area contributed by atoms with Gasteiger partial charge in [0.15, 0.2) is 0 Å². The number of nitrogens with zero attached hydrogens (tertiary/aromatic N) is 1. The lowest BCUT2D eigenvalue weighted by molar-refractivity contribution is -0.384. The molecule has 108 valence electrons. The molecule has 0 fully saturated rings. The third kappa shape index (κ3) is 3.29. The zero-order valence-electron chi connectivity index (χ0n) is 11.1. The number of rotatable bonds is 4. The lowest BCUT2D eigenvalue weighted by atomic mass is 10.1. The summed E-state index contributed by atoms with van der Waals surface area (Å²) in [4.78, 5) is 10.1. The number of nitrogens with one attached hydrogen (secondary N) is 1. The number of benzene rings is 2. The first-order chi connectivity index (χ1) is 9.88. The van der Waals surface area contributed by atoms with Crippen LogP contribution in [0.25, 0.3) is 0 Å². The maximum atomic E-state index is 10.6. The van der Waals surface area contributed by atoms with Crippen LogP contribution in [-0.4, -0.2) is 10.8 Å². The van der Waals surface area contributed by atoms with Gasteiger partial charge in [-0.2, -0.15) is 0 Å². The Balaban J connectivity index is 2.28. The molecule has 0 bridgehead atoms. The highest BCUT2D eigenvalue weighted by Crippen LogP contribution is 2.32. The highest BCUT2D eigenvalue weighted by molar-refractivity contribution is 6.32. The maximum absolute atomic E-state index is 10.6. The van der Waals surface area contributed by atoms with Gasteiger partial charge in [0, 0.05) is 17.7 Å². The van der Waals surface area contributed by atoms with E-state index in [9.17, 15) is 10.1 Å². The van der Waals surface area contributed by atoms with Crippen LogP contribution >= 0.6 is 11.6 Å². The van der Waals surface area contributed by atoms with Gasteiger partial charge in [-0.15, -0.1) is 0 Å². The molecule has 3 N–H and O–H groups in total. The predicted octanol–water partition coefficient (Wildman–Crippen LogP) is 3.63. The van der Waals surface area contributed by atoms with E-state index < -0.39 is 4.92 Å². The van der Waals surface area contributed by atoms with Crippen LogP contribution in [0.1, 0.15) is 11.1 Å². The van der Waals surface area contributed by atoms with Gasteiger partial charge in [0.25, 0.3) is 5.69 Å². The molecule has 0 saturated carbocycles. The molecule has 0 unspecified atom stereocenters. The number of aryl methyl sites for hydroxylation is 1. The van der Waals surface area contributed by atoms with E-state index in [0.29, 0.717) is 17.1 Å². The Hall–Kier alpha value is -2.60. The number of ether oxygens (including phenoxy) is 1. The Labute approximate surface area is 125 Å². The van der Waals surface area contributed by atoms with Crippen molar-refractivity contribution in [2.24, 2.45) is 5.73 Å². The number of nitro groups is 1. The van der Waals surface area contributed by atoms with Crippen molar-refractivity contribution < 1.29 is 9.66 Å². The summed E-state index contributed by atoms with van der Waals surface area (Å²) in [6, 6.07) is 9.03. The number of hydrogen-bond donors (Lipinski definition) is 2. The average Bonchev–Trinajstić information content (AvgIpc) is 2.40. The molecule has 0 radical (unpaired) electrons. The molecule has 0 heterocycles. The second kappa shape index (κ2) is 5.80. The minimum absolute atomic E-state index is 0.0209. The molecule has 0 spiro atoms. The maximum Gasteiger partial charge on any atom is 0.271 e. The summed E-state index contributed by atoms with van der Waals surface area (Å²) >= 11 is 5.96. The predicted molar refractivity (Wildman–Crippen MR) is 80.4 cm³/mol. The van der Waals surface area contributed by atoms with Crippen molar-refractivity contribution in [3.05, 3.63) is 62.7 Å². The van der Waals surface area contributed by atoms with Crippen LogP contribution in [0.4, 0.5) is 5.69 Å². The van der Waals surface area contributed by atoms with E-state index in [1.165, 1.54) is 18.2 Å². The number of non-ortho nitro benzene ring substituents is 1. The van der Waals surface area contributed by atoms with Crippen molar-refractivity contribution >= 4 is 23.1 Å². The van der Waals surface area contributed by atoms with E-state index in [-0.39, 0.29) is 16.5 Å². The molecule has 0 aliphatic heterocycles. The van der Waals surface area contributed by atoms with Crippen LogP contribution in [-0.2, 0) is 0 Å². The van der Waals surface area contributed by atoms with Crippen molar-refractivity contribution in [3.8, 4) is 11.5 Å². The van der Waals surface area contributed by atoms with Crippen LogP contribution in [0.5, 0.6) is 11.5 Å². The monoisotopic (exact) mass is 305 g/mol. The van der Waals surface area contributed by atoms with Gasteiger partial charge in [0.1, 0.15) is 17.3 Å². The van der Waals surface area contributed by atoms with Gasteiger partial charge in [-0.25, -0.2) is 0 Å². The molecule has 0 aliphatic rings. The molecule has 2 aromatic carbocycles. The summed E-state index contributed by atoms with van der Waals surface area (Å²) in [5.41, 5.74) is 6.75. The number of nitrogens with two attached hydrogens (primary N) is 1. The topological polar surface area (TPSA) is 102 Å². The van der Waals surface area contributed by atoms with E-state index in [0.717, 1.165) is 5.56 Å². The molecule has 0 atom stereocenters. The molecule has 7 heteroatoms. The fourth-order valence-corrected chi connectivity index (χ4v) is 2.03. The first kappa shape index (κ1) is 14.8. The Morgan fingerprint density at radius 1 is 1.33 bits per heavy atom. The van der Waals surface area contributed by atoms with Gasteiger partial charge in [-0.1, -0.05) is 11.6 Å². The molecule has 21 heavy (non-hydrogen) atoms. The Kier molecular flexibility index (Phi) is 4.09. The number of nitro benzene ring substituents is 1. The summed E-state index contributed by atoms with van der Waals surface area (Å²) in [7, 11) is 0. The zero-order chi connectivity index (χ0) is 15.6. The summed E-state index contributed by atoms with van der Waals surface area (Å²) in [5, 5.41) is 18.2. The minimum atomic E-state index is -0.526. The summed E-state index contributed by atoms with van der Waals surface area (Å²) in [5.74, 6) is 0.804. The Morgan fingerprint density at radius 2 is 2.05 bits per heavy atom. The molecule has 0 aromatic heterocycles. The number of hydrogen-bond acceptors (Lipinski definition) is 4. The second-order valence-electron chi connectivity index (χ2n) is 4.36. The summed E-state index contributed by atoms with van der Waals surface area (Å²) < 4.78 is 5.59. The largest absolute Gasteiger partial charge is 0.456 e. The molecular weight excluding hydrogens is 294 g/mol. The van der Waals surface area contributed by atoms with E-state index >= 15 is 0 Å². The highest BCUT2D eigenvalue weighted by Gasteiger charge is 2.11. The van der Waals surface area contributed by atoms with Gasteiger partial charge >= 0.3 is 0 Å². The Morgan fingerprint density at radius 3 is 2.57 bits per heavy atom. The lowest BCUT2D eigenvalue weighted by Crippen LogP contribution is -2.12. The molecule has 0 saturated heterocycles. The van der Waals surface area contributed by atoms with Crippen molar-refractivity contribution in [1.29, 1.82) is 5.41 Å². The quantitative estimate of drug-likeness (QED) is 0.389. The second-order valence-corrected chi connectivity index (χ2v) is 4.77. The third-order valence-electron chi connectivity index (χ3n) is 2.84. The van der Waals surface area contributed by atoms with Crippen LogP contribution in [0.2, 0.25) is 5.02 Å². The molecular formula is C14H12ClN3O3. The molecule has 2 rings (SSSR count). The minimum Gasteiger partial charge on any atom is -0.456 e. The van der Waals surface area contributed by atoms with Crippen molar-refractivity contribution in [2.45, 2.75) is 6.92 Å². The van der Waals surface area contributed by atoms with Gasteiger partial charge < -0.3 is 10.5 Å². The first-order valence-electron chi connectivity index (χ1n) is 5.95. The fourth-order valence-electron chi connectivity index (χ4n) is 1.81. The van der Waals surface area contributed by atoms with E-state index in [1.54, 1.807) is 25.1 Å². The van der Waals surface area contributed by atoms with E-state index in [1.807, 2.05) is 0 Å². The average molecular weight is 306 g/mol. The molecule has 2 aromatic rings. The van der Waals surface area contributed by atoms with Crippen LogP contribution in [0, 0.1) is 22.4 Å². The van der Waals surface area contributed by atoms with E-state index in [2.05, 4.69) is 0 Å². The summed E-state index contributed by atoms with van der Waals surface area (Å²) in [6.45, 7) is 1.81.